The second kappa shape index (κ2) is 11.5. The van der Waals surface area contributed by atoms with Crippen LogP contribution in [0.15, 0.2) is 77.9 Å². The second-order valence-electron chi connectivity index (χ2n) is 6.43. The van der Waals surface area contributed by atoms with Crippen molar-refractivity contribution in [3.63, 3.8) is 0 Å². The van der Waals surface area contributed by atoms with E-state index in [4.69, 9.17) is 25.8 Å². The summed E-state index contributed by atoms with van der Waals surface area (Å²) in [6.45, 7) is 2.22. The van der Waals surface area contributed by atoms with Crippen LogP contribution in [0.25, 0.3) is 0 Å². The van der Waals surface area contributed by atoms with Crippen molar-refractivity contribution in [1.82, 2.24) is 5.43 Å². The van der Waals surface area contributed by atoms with Crippen LogP contribution in [0.3, 0.4) is 0 Å². The molecule has 0 aromatic heterocycles. The predicted octanol–water partition coefficient (Wildman–Crippen LogP) is 4.49. The van der Waals surface area contributed by atoms with Crippen molar-refractivity contribution in [2.75, 3.05) is 13.2 Å². The highest BCUT2D eigenvalue weighted by molar-refractivity contribution is 6.32. The van der Waals surface area contributed by atoms with E-state index in [0.29, 0.717) is 40.0 Å². The van der Waals surface area contributed by atoms with Gasteiger partial charge >= 0.3 is 5.97 Å². The third-order valence-corrected chi connectivity index (χ3v) is 4.40. The van der Waals surface area contributed by atoms with Gasteiger partial charge in [0.2, 0.25) is 0 Å². The first-order valence-electron chi connectivity index (χ1n) is 9.79. The first kappa shape index (κ1) is 22.8. The number of halogens is 1. The number of carbonyl (C=O) groups excluding carboxylic acids is 2. The average molecular weight is 453 g/mol. The molecule has 7 nitrogen and oxygen atoms in total. The van der Waals surface area contributed by atoms with Crippen LogP contribution in [0.5, 0.6) is 17.2 Å². The first-order chi connectivity index (χ1) is 15.5. The van der Waals surface area contributed by atoms with Crippen LogP contribution in [-0.2, 0) is 4.79 Å². The lowest BCUT2D eigenvalue weighted by Crippen LogP contribution is -2.24. The molecule has 0 heterocycles. The third-order valence-electron chi connectivity index (χ3n) is 4.09. The fourth-order valence-corrected chi connectivity index (χ4v) is 2.75. The molecule has 0 aliphatic rings. The lowest BCUT2D eigenvalue weighted by molar-refractivity contribution is -0.123. The molecule has 8 heteroatoms. The number of carbonyl (C=O) groups is 2. The molecular formula is C24H21ClN2O5. The quantitative estimate of drug-likeness (QED) is 0.224. The van der Waals surface area contributed by atoms with Crippen molar-refractivity contribution in [2.45, 2.75) is 6.92 Å². The molecule has 0 unspecified atom stereocenters. The van der Waals surface area contributed by atoms with Gasteiger partial charge in [-0.3, -0.25) is 4.79 Å². The van der Waals surface area contributed by atoms with Gasteiger partial charge in [-0.1, -0.05) is 23.7 Å². The van der Waals surface area contributed by atoms with Gasteiger partial charge in [-0.25, -0.2) is 10.2 Å². The largest absolute Gasteiger partial charge is 0.494 e. The summed E-state index contributed by atoms with van der Waals surface area (Å²) in [4.78, 5) is 24.1. The van der Waals surface area contributed by atoms with Crippen LogP contribution >= 0.6 is 11.6 Å². The second-order valence-corrected chi connectivity index (χ2v) is 6.84. The highest BCUT2D eigenvalue weighted by Gasteiger charge is 2.09. The summed E-state index contributed by atoms with van der Waals surface area (Å²) in [7, 11) is 0. The molecule has 3 aromatic carbocycles. The number of amides is 1. The molecule has 0 aliphatic heterocycles. The Hall–Kier alpha value is -3.84. The highest BCUT2D eigenvalue weighted by Crippen LogP contribution is 2.22. The molecule has 0 spiro atoms. The van der Waals surface area contributed by atoms with Gasteiger partial charge in [-0.2, -0.15) is 5.10 Å². The van der Waals surface area contributed by atoms with Crippen LogP contribution in [0, 0.1) is 0 Å². The predicted molar refractivity (Wildman–Crippen MR) is 122 cm³/mol. The Morgan fingerprint density at radius 2 is 1.62 bits per heavy atom. The minimum atomic E-state index is -0.472. The highest BCUT2D eigenvalue weighted by atomic mass is 35.5. The number of esters is 1. The lowest BCUT2D eigenvalue weighted by atomic mass is 10.2. The van der Waals surface area contributed by atoms with Crippen LogP contribution in [0.4, 0.5) is 0 Å². The van der Waals surface area contributed by atoms with Crippen molar-refractivity contribution in [3.8, 4) is 17.2 Å². The van der Waals surface area contributed by atoms with Crippen LogP contribution < -0.4 is 19.6 Å². The van der Waals surface area contributed by atoms with E-state index in [1.165, 1.54) is 6.21 Å². The van der Waals surface area contributed by atoms with E-state index in [-0.39, 0.29) is 6.61 Å². The number of nitrogens with zero attached hydrogens (tertiary/aromatic N) is 1. The molecule has 1 amide bonds. The molecule has 0 saturated heterocycles. The lowest BCUT2D eigenvalue weighted by Gasteiger charge is -2.07. The summed E-state index contributed by atoms with van der Waals surface area (Å²) in [5.74, 6) is 0.597. The van der Waals surface area contributed by atoms with Crippen molar-refractivity contribution < 1.29 is 23.8 Å². The number of nitrogens with one attached hydrogen (secondary N) is 1. The molecule has 3 aromatic rings. The number of hydrogen-bond acceptors (Lipinski definition) is 6. The molecule has 32 heavy (non-hydrogen) atoms. The molecule has 164 valence electrons. The zero-order valence-electron chi connectivity index (χ0n) is 17.3. The fourth-order valence-electron chi connectivity index (χ4n) is 2.56. The van der Waals surface area contributed by atoms with E-state index < -0.39 is 11.9 Å². The van der Waals surface area contributed by atoms with Crippen LogP contribution in [0.2, 0.25) is 5.02 Å². The van der Waals surface area contributed by atoms with E-state index in [1.807, 2.05) is 6.92 Å². The smallest absolute Gasteiger partial charge is 0.343 e. The first-order valence-corrected chi connectivity index (χ1v) is 10.2. The molecule has 0 saturated carbocycles. The summed E-state index contributed by atoms with van der Waals surface area (Å²) in [6.07, 6.45) is 1.46. The van der Waals surface area contributed by atoms with Gasteiger partial charge in [0.25, 0.3) is 5.91 Å². The molecule has 3 rings (SSSR count). The Kier molecular flexibility index (Phi) is 8.22. The molecule has 0 bridgehead atoms. The number of rotatable bonds is 9. The number of hydrazone groups is 1. The van der Waals surface area contributed by atoms with Gasteiger partial charge in [0.05, 0.1) is 23.4 Å². The normalized spacial score (nSPS) is 10.6. The Bertz CT molecular complexity index is 1080. The zero-order chi connectivity index (χ0) is 22.8. The Morgan fingerprint density at radius 1 is 0.938 bits per heavy atom. The maximum absolute atomic E-state index is 12.2. The Labute approximate surface area is 190 Å². The van der Waals surface area contributed by atoms with Gasteiger partial charge in [0.15, 0.2) is 6.61 Å². The standard InChI is InChI=1S/C24H21ClN2O5/c1-2-30-19-13-9-18(10-14-19)24(29)32-20-11-7-17(8-12-20)15-26-27-23(28)16-31-22-6-4-3-5-21(22)25/h3-15H,2,16H2,1H3,(H,27,28)/b26-15-. The van der Waals surface area contributed by atoms with E-state index in [1.54, 1.807) is 72.8 Å². The van der Waals surface area contributed by atoms with Crippen molar-refractivity contribution in [2.24, 2.45) is 5.10 Å². The van der Waals surface area contributed by atoms with Gasteiger partial charge in [0.1, 0.15) is 17.2 Å². The molecular weight excluding hydrogens is 432 g/mol. The van der Waals surface area contributed by atoms with E-state index in [2.05, 4.69) is 10.5 Å². The van der Waals surface area contributed by atoms with Gasteiger partial charge in [-0.05, 0) is 73.2 Å². The van der Waals surface area contributed by atoms with Crippen LogP contribution in [-0.4, -0.2) is 31.3 Å². The Balaban J connectivity index is 1.46. The molecule has 1 N–H and O–H groups in total. The maximum Gasteiger partial charge on any atom is 0.343 e. The SMILES string of the molecule is CCOc1ccc(C(=O)Oc2ccc(/C=N\NC(=O)COc3ccccc3Cl)cc2)cc1. The van der Waals surface area contributed by atoms with Crippen molar-refractivity contribution >= 4 is 29.7 Å². The minimum Gasteiger partial charge on any atom is -0.494 e. The number of hydrogen-bond donors (Lipinski definition) is 1. The monoisotopic (exact) mass is 452 g/mol. The number of benzene rings is 3. The number of para-hydroxylation sites is 1. The summed E-state index contributed by atoms with van der Waals surface area (Å²) < 4.78 is 16.1. The van der Waals surface area contributed by atoms with Gasteiger partial charge < -0.3 is 14.2 Å². The molecule has 0 radical (unpaired) electrons. The molecule has 0 atom stereocenters. The maximum atomic E-state index is 12.2. The molecule has 0 aliphatic carbocycles. The average Bonchev–Trinajstić information content (AvgIpc) is 2.80. The third kappa shape index (κ3) is 6.85. The minimum absolute atomic E-state index is 0.221. The molecule has 0 fully saturated rings. The topological polar surface area (TPSA) is 86.2 Å². The van der Waals surface area contributed by atoms with E-state index >= 15 is 0 Å². The van der Waals surface area contributed by atoms with Crippen molar-refractivity contribution in [3.05, 3.63) is 88.9 Å². The summed E-state index contributed by atoms with van der Waals surface area (Å²) in [5, 5.41) is 4.30. The summed E-state index contributed by atoms with van der Waals surface area (Å²) >= 11 is 5.97. The number of ether oxygens (including phenoxy) is 3. The van der Waals surface area contributed by atoms with E-state index in [9.17, 15) is 9.59 Å². The Morgan fingerprint density at radius 3 is 2.31 bits per heavy atom. The fraction of sp³-hybridized carbons (Fsp3) is 0.125. The van der Waals surface area contributed by atoms with Crippen LogP contribution in [0.1, 0.15) is 22.8 Å². The van der Waals surface area contributed by atoms with Gasteiger partial charge in [-0.15, -0.1) is 0 Å². The van der Waals surface area contributed by atoms with Gasteiger partial charge in [0, 0.05) is 0 Å². The summed E-state index contributed by atoms with van der Waals surface area (Å²) in [5.41, 5.74) is 3.49. The summed E-state index contributed by atoms with van der Waals surface area (Å²) in [6, 6.07) is 20.3. The van der Waals surface area contributed by atoms with Crippen molar-refractivity contribution in [1.29, 1.82) is 0 Å². The zero-order valence-corrected chi connectivity index (χ0v) is 18.0. The van der Waals surface area contributed by atoms with E-state index in [0.717, 1.165) is 0 Å².